The number of hydrogen-bond donors (Lipinski definition) is 1. The number of hydrogen-bond acceptors (Lipinski definition) is 8. The number of carbonyl (C=O) groups excluding carboxylic acids is 3. The molecule has 3 rings (SSSR count). The molecule has 14 heteroatoms. The fourth-order valence-electron chi connectivity index (χ4n) is 3.33. The molecule has 0 aromatic heterocycles. The quantitative estimate of drug-likeness (QED) is 0.630. The molecule has 2 heterocycles. The standard InChI is InChI=1S/C21H24F3N3O7S/c1-20(2,3)34-18(29)25-10-15-11-27(19(30)33-15)14-6-4-13(5-7-14)26-8-9-35(31,32)16(12-26)17(28)21(22,23)24/h4-7,12,15H,8-11H2,1-3H3,(H,25,29). The van der Waals surface area contributed by atoms with Crippen LogP contribution in [0.1, 0.15) is 20.8 Å². The topological polar surface area (TPSA) is 122 Å². The van der Waals surface area contributed by atoms with Crippen LogP contribution < -0.4 is 15.1 Å². The predicted molar refractivity (Wildman–Crippen MR) is 119 cm³/mol. The molecular formula is C21H24F3N3O7S. The van der Waals surface area contributed by atoms with Crippen molar-refractivity contribution in [1.29, 1.82) is 0 Å². The van der Waals surface area contributed by atoms with E-state index in [1.54, 1.807) is 20.8 Å². The van der Waals surface area contributed by atoms with Crippen molar-refractivity contribution in [3.8, 4) is 0 Å². The Morgan fingerprint density at radius 1 is 1.14 bits per heavy atom. The predicted octanol–water partition coefficient (Wildman–Crippen LogP) is 2.74. The summed E-state index contributed by atoms with van der Waals surface area (Å²) in [7, 11) is -4.36. The number of sulfone groups is 1. The first kappa shape index (κ1) is 26.3. The SMILES string of the molecule is CC(C)(C)OC(=O)NCC1CN(c2ccc(N3C=C(C(=O)C(F)(F)F)S(=O)(=O)CC3)cc2)C(=O)O1. The van der Waals surface area contributed by atoms with Gasteiger partial charge in [-0.05, 0) is 45.0 Å². The summed E-state index contributed by atoms with van der Waals surface area (Å²) in [6.07, 6.45) is -6.60. The van der Waals surface area contributed by atoms with Crippen LogP contribution in [0, 0.1) is 0 Å². The Balaban J connectivity index is 1.68. The third-order valence-corrected chi connectivity index (χ3v) is 6.61. The van der Waals surface area contributed by atoms with Gasteiger partial charge in [-0.3, -0.25) is 9.69 Å². The minimum absolute atomic E-state index is 0.0261. The molecule has 0 aliphatic carbocycles. The lowest BCUT2D eigenvalue weighted by atomic mass is 10.2. The van der Waals surface area contributed by atoms with Gasteiger partial charge in [0.2, 0.25) is 0 Å². The average molecular weight is 519 g/mol. The number of carbonyl (C=O) groups is 3. The highest BCUT2D eigenvalue weighted by atomic mass is 32.2. The monoisotopic (exact) mass is 519 g/mol. The first-order valence-corrected chi connectivity index (χ1v) is 12.1. The van der Waals surface area contributed by atoms with Crippen LogP contribution in [0.25, 0.3) is 0 Å². The zero-order valence-electron chi connectivity index (χ0n) is 19.1. The zero-order valence-corrected chi connectivity index (χ0v) is 19.9. The van der Waals surface area contributed by atoms with Gasteiger partial charge in [0.15, 0.2) is 9.84 Å². The molecule has 35 heavy (non-hydrogen) atoms. The van der Waals surface area contributed by atoms with E-state index >= 15 is 0 Å². The highest BCUT2D eigenvalue weighted by Gasteiger charge is 2.46. The number of ketones is 1. The van der Waals surface area contributed by atoms with Crippen LogP contribution in [0.4, 0.5) is 34.1 Å². The molecule has 0 radical (unpaired) electrons. The maximum atomic E-state index is 12.8. The minimum atomic E-state index is -5.32. The number of cyclic esters (lactones) is 1. The molecule has 1 aromatic rings. The first-order chi connectivity index (χ1) is 16.1. The summed E-state index contributed by atoms with van der Waals surface area (Å²) in [5.74, 6) is -3.09. The summed E-state index contributed by atoms with van der Waals surface area (Å²) < 4.78 is 72.8. The highest BCUT2D eigenvalue weighted by Crippen LogP contribution is 2.30. The smallest absolute Gasteiger partial charge is 0.444 e. The van der Waals surface area contributed by atoms with Gasteiger partial charge in [0.1, 0.15) is 16.6 Å². The number of nitrogens with one attached hydrogen (secondary N) is 1. The van der Waals surface area contributed by atoms with Gasteiger partial charge in [-0.25, -0.2) is 18.0 Å². The Morgan fingerprint density at radius 2 is 1.74 bits per heavy atom. The normalized spacial score (nSPS) is 20.2. The largest absolute Gasteiger partial charge is 0.455 e. The maximum Gasteiger partial charge on any atom is 0.455 e. The van der Waals surface area contributed by atoms with E-state index in [1.807, 2.05) is 0 Å². The molecule has 2 amide bonds. The molecular weight excluding hydrogens is 495 g/mol. The number of benzene rings is 1. The van der Waals surface area contributed by atoms with Gasteiger partial charge in [-0.2, -0.15) is 13.2 Å². The van der Waals surface area contributed by atoms with Gasteiger partial charge in [0.05, 0.1) is 18.8 Å². The highest BCUT2D eigenvalue weighted by molar-refractivity contribution is 7.96. The number of allylic oxidation sites excluding steroid dienone is 1. The van der Waals surface area contributed by atoms with E-state index in [0.717, 1.165) is 0 Å². The molecule has 10 nitrogen and oxygen atoms in total. The minimum Gasteiger partial charge on any atom is -0.444 e. The fraction of sp³-hybridized carbons (Fsp3) is 0.476. The summed E-state index contributed by atoms with van der Waals surface area (Å²) >= 11 is 0. The second-order valence-corrected chi connectivity index (χ2v) is 10.9. The number of alkyl carbamates (subject to hydrolysis) is 1. The Labute approximate surface area is 199 Å². The number of rotatable bonds is 5. The summed E-state index contributed by atoms with van der Waals surface area (Å²) in [6, 6.07) is 5.95. The molecule has 1 unspecified atom stereocenters. The van der Waals surface area contributed by atoms with Crippen LogP contribution in [0.3, 0.4) is 0 Å². The van der Waals surface area contributed by atoms with Crippen LogP contribution in [-0.2, 0) is 24.1 Å². The van der Waals surface area contributed by atoms with Crippen LogP contribution >= 0.6 is 0 Å². The lowest BCUT2D eigenvalue weighted by molar-refractivity contribution is -0.165. The number of amides is 2. The van der Waals surface area contributed by atoms with Gasteiger partial charge in [-0.15, -0.1) is 0 Å². The first-order valence-electron chi connectivity index (χ1n) is 10.4. The maximum absolute atomic E-state index is 12.8. The van der Waals surface area contributed by atoms with E-state index in [9.17, 15) is 36.0 Å². The summed E-state index contributed by atoms with van der Waals surface area (Å²) in [5, 5.41) is 2.52. The molecule has 1 aromatic carbocycles. The number of nitrogens with zero attached hydrogens (tertiary/aromatic N) is 2. The number of anilines is 2. The number of alkyl halides is 3. The second kappa shape index (κ2) is 9.40. The molecule has 1 atom stereocenters. The molecule has 2 aliphatic rings. The average Bonchev–Trinajstić information content (AvgIpc) is 3.10. The molecule has 0 spiro atoms. The van der Waals surface area contributed by atoms with Gasteiger partial charge < -0.3 is 19.7 Å². The van der Waals surface area contributed by atoms with Crippen LogP contribution in [-0.4, -0.2) is 69.7 Å². The molecule has 0 saturated carbocycles. The molecule has 1 fully saturated rings. The van der Waals surface area contributed by atoms with Gasteiger partial charge in [0.25, 0.3) is 5.78 Å². The third kappa shape index (κ3) is 6.44. The van der Waals surface area contributed by atoms with Crippen molar-refractivity contribution in [2.75, 3.05) is 35.2 Å². The van der Waals surface area contributed by atoms with Crippen molar-refractivity contribution in [1.82, 2.24) is 5.32 Å². The summed E-state index contributed by atoms with van der Waals surface area (Å²) in [5.41, 5.74) is 0.0595. The number of Topliss-reactive ketones (excluding diaryl/α,β-unsaturated/α-hetero) is 1. The van der Waals surface area contributed by atoms with Gasteiger partial charge in [-0.1, -0.05) is 0 Å². The van der Waals surface area contributed by atoms with E-state index in [2.05, 4.69) is 5.32 Å². The van der Waals surface area contributed by atoms with E-state index in [0.29, 0.717) is 17.6 Å². The lowest BCUT2D eigenvalue weighted by Crippen LogP contribution is -2.38. The Hall–Kier alpha value is -3.29. The van der Waals surface area contributed by atoms with Gasteiger partial charge >= 0.3 is 18.4 Å². The van der Waals surface area contributed by atoms with Crippen molar-refractivity contribution >= 4 is 39.2 Å². The van der Waals surface area contributed by atoms with Crippen LogP contribution in [0.5, 0.6) is 0 Å². The second-order valence-electron chi connectivity index (χ2n) is 8.85. The van der Waals surface area contributed by atoms with Crippen molar-refractivity contribution in [2.45, 2.75) is 38.7 Å². The molecule has 1 N–H and O–H groups in total. The summed E-state index contributed by atoms with van der Waals surface area (Å²) in [6.45, 7) is 5.13. The van der Waals surface area contributed by atoms with Crippen molar-refractivity contribution < 1.29 is 45.4 Å². The summed E-state index contributed by atoms with van der Waals surface area (Å²) in [4.78, 5) is 36.8. The Kier molecular flexibility index (Phi) is 7.07. The van der Waals surface area contributed by atoms with Crippen LogP contribution in [0.2, 0.25) is 0 Å². The van der Waals surface area contributed by atoms with Crippen molar-refractivity contribution in [2.24, 2.45) is 0 Å². The zero-order chi connectivity index (χ0) is 26.2. The van der Waals surface area contributed by atoms with Crippen molar-refractivity contribution in [3.63, 3.8) is 0 Å². The van der Waals surface area contributed by atoms with Crippen LogP contribution in [0.15, 0.2) is 35.4 Å². The number of halogens is 3. The lowest BCUT2D eigenvalue weighted by Gasteiger charge is -2.27. The molecule has 0 bridgehead atoms. The van der Waals surface area contributed by atoms with Gasteiger partial charge in [0, 0.05) is 24.1 Å². The molecule has 1 saturated heterocycles. The molecule has 2 aliphatic heterocycles. The van der Waals surface area contributed by atoms with E-state index in [4.69, 9.17) is 9.47 Å². The number of ether oxygens (including phenoxy) is 2. The van der Waals surface area contributed by atoms with E-state index < -0.39 is 56.3 Å². The molecule has 192 valence electrons. The Bertz CT molecular complexity index is 1140. The fourth-order valence-corrected chi connectivity index (χ4v) is 4.68. The van der Waals surface area contributed by atoms with Crippen molar-refractivity contribution in [3.05, 3.63) is 35.4 Å². The van der Waals surface area contributed by atoms with E-state index in [1.165, 1.54) is 34.1 Å². The Morgan fingerprint density at radius 3 is 2.31 bits per heavy atom. The third-order valence-electron chi connectivity index (χ3n) is 4.93. The van der Waals surface area contributed by atoms with E-state index in [-0.39, 0.29) is 19.6 Å².